The van der Waals surface area contributed by atoms with Gasteiger partial charge in [-0.25, -0.2) is 4.98 Å². The van der Waals surface area contributed by atoms with E-state index in [1.54, 1.807) is 6.20 Å². The van der Waals surface area contributed by atoms with E-state index in [1.807, 2.05) is 42.5 Å². The third-order valence-electron chi connectivity index (χ3n) is 3.14. The van der Waals surface area contributed by atoms with Crippen LogP contribution in [0.4, 0.5) is 0 Å². The van der Waals surface area contributed by atoms with Crippen molar-refractivity contribution in [2.75, 3.05) is 0 Å². The van der Waals surface area contributed by atoms with Crippen molar-refractivity contribution < 1.29 is 14.3 Å². The van der Waals surface area contributed by atoms with Gasteiger partial charge in [0.05, 0.1) is 11.4 Å². The van der Waals surface area contributed by atoms with Crippen LogP contribution in [0, 0.1) is 0 Å². The van der Waals surface area contributed by atoms with Crippen molar-refractivity contribution in [2.24, 2.45) is 0 Å². The number of benzene rings is 2. The van der Waals surface area contributed by atoms with E-state index >= 15 is 0 Å². The number of hydrogen-bond donors (Lipinski definition) is 2. The molecule has 1 N–H and O–H groups in total. The van der Waals surface area contributed by atoms with Gasteiger partial charge in [-0.1, -0.05) is 48.0 Å². The lowest BCUT2D eigenvalue weighted by Gasteiger charge is -2.07. The second-order valence-electron chi connectivity index (χ2n) is 4.93. The first-order valence-corrected chi connectivity index (χ1v) is 8.03. The molecule has 0 aliphatic heterocycles. The van der Waals surface area contributed by atoms with Gasteiger partial charge in [-0.3, -0.25) is 4.79 Å². The Kier molecular flexibility index (Phi) is 6.46. The maximum atomic E-state index is 9.62. The molecule has 0 aliphatic carbocycles. The van der Waals surface area contributed by atoms with Crippen LogP contribution in [0.2, 0.25) is 5.02 Å². The van der Waals surface area contributed by atoms with Gasteiger partial charge < -0.3 is 9.52 Å². The van der Waals surface area contributed by atoms with Crippen LogP contribution in [0.25, 0.3) is 22.5 Å². The first-order chi connectivity index (χ1) is 11.5. The van der Waals surface area contributed by atoms with E-state index in [-0.39, 0.29) is 0 Å². The number of carbonyl (C=O) groups is 1. The number of halogens is 1. The minimum Gasteiger partial charge on any atom is -0.480 e. The third kappa shape index (κ3) is 4.88. The molecule has 0 aliphatic rings. The number of thiol groups is 1. The molecule has 0 saturated carbocycles. The summed E-state index contributed by atoms with van der Waals surface area (Å²) in [5.41, 5.74) is 3.23. The van der Waals surface area contributed by atoms with Crippen molar-refractivity contribution in [1.29, 1.82) is 0 Å². The highest BCUT2D eigenvalue weighted by atomic mass is 35.5. The van der Waals surface area contributed by atoms with Crippen LogP contribution in [0.1, 0.15) is 6.92 Å². The van der Waals surface area contributed by atoms with E-state index in [1.165, 1.54) is 13.3 Å². The number of rotatable bonds is 3. The van der Waals surface area contributed by atoms with Crippen molar-refractivity contribution in [3.8, 4) is 22.5 Å². The predicted molar refractivity (Wildman–Crippen MR) is 98.5 cm³/mol. The average molecular weight is 362 g/mol. The highest BCUT2D eigenvalue weighted by molar-refractivity contribution is 7.81. The molecular weight excluding hydrogens is 346 g/mol. The van der Waals surface area contributed by atoms with Crippen LogP contribution >= 0.6 is 24.2 Å². The Morgan fingerprint density at radius 2 is 1.75 bits per heavy atom. The van der Waals surface area contributed by atoms with E-state index < -0.39 is 11.2 Å². The normalized spacial score (nSPS) is 11.3. The zero-order valence-electron chi connectivity index (χ0n) is 12.9. The van der Waals surface area contributed by atoms with Crippen molar-refractivity contribution in [3.05, 3.63) is 66.1 Å². The summed E-state index contributed by atoms with van der Waals surface area (Å²) in [5, 5.41) is 8.11. The Bertz CT molecular complexity index is 786. The molecule has 1 unspecified atom stereocenters. The molecule has 4 nitrogen and oxygen atoms in total. The summed E-state index contributed by atoms with van der Waals surface area (Å²) in [4.78, 5) is 13.6. The minimum absolute atomic E-state index is 0.537. The summed E-state index contributed by atoms with van der Waals surface area (Å²) in [6.07, 6.45) is 3.16. The maximum Gasteiger partial charge on any atom is 0.316 e. The van der Waals surface area contributed by atoms with E-state index in [9.17, 15) is 4.79 Å². The fraction of sp³-hybridized carbons (Fsp3) is 0.111. The topological polar surface area (TPSA) is 63.3 Å². The van der Waals surface area contributed by atoms with Crippen molar-refractivity contribution in [2.45, 2.75) is 12.2 Å². The maximum absolute atomic E-state index is 9.62. The van der Waals surface area contributed by atoms with Crippen LogP contribution in [-0.2, 0) is 4.79 Å². The Morgan fingerprint density at radius 3 is 2.25 bits per heavy atom. The molecule has 2 aromatic carbocycles. The molecule has 6 heteroatoms. The summed E-state index contributed by atoms with van der Waals surface area (Å²) in [6.45, 7) is 1.51. The number of aromatic nitrogens is 1. The number of oxazole rings is 1. The smallest absolute Gasteiger partial charge is 0.316 e. The molecule has 1 heterocycles. The van der Waals surface area contributed by atoms with Gasteiger partial charge in [-0.15, -0.1) is 0 Å². The molecular formula is C18H16ClNO3S. The quantitative estimate of drug-likeness (QED) is 0.640. The number of nitrogens with zero attached hydrogens (tertiary/aromatic N) is 1. The van der Waals surface area contributed by atoms with Gasteiger partial charge in [0.1, 0.15) is 0 Å². The molecule has 0 bridgehead atoms. The summed E-state index contributed by atoms with van der Waals surface area (Å²) < 4.78 is 5.37. The Labute approximate surface area is 150 Å². The van der Waals surface area contributed by atoms with E-state index in [2.05, 4.69) is 23.7 Å². The number of hydrogen-bond acceptors (Lipinski definition) is 4. The first kappa shape index (κ1) is 18.1. The van der Waals surface area contributed by atoms with Gasteiger partial charge in [0.15, 0.2) is 12.2 Å². The third-order valence-corrected chi connectivity index (χ3v) is 3.61. The number of aliphatic carboxylic acids is 1. The fourth-order valence-corrected chi connectivity index (χ4v) is 2.05. The fourth-order valence-electron chi connectivity index (χ4n) is 1.93. The molecule has 0 fully saturated rings. The molecule has 0 saturated heterocycles. The zero-order valence-corrected chi connectivity index (χ0v) is 14.5. The summed E-state index contributed by atoms with van der Waals surface area (Å²) >= 11 is 9.50. The van der Waals surface area contributed by atoms with Crippen LogP contribution in [-0.4, -0.2) is 21.3 Å². The molecule has 0 spiro atoms. The van der Waals surface area contributed by atoms with E-state index in [0.29, 0.717) is 0 Å². The highest BCUT2D eigenvalue weighted by Crippen LogP contribution is 2.32. The van der Waals surface area contributed by atoms with Gasteiger partial charge in [0, 0.05) is 10.6 Å². The second-order valence-corrected chi connectivity index (χ2v) is 6.14. The molecule has 3 aromatic rings. The van der Waals surface area contributed by atoms with Gasteiger partial charge in [0.2, 0.25) is 0 Å². The summed E-state index contributed by atoms with van der Waals surface area (Å²) in [6, 6.07) is 15.8. The van der Waals surface area contributed by atoms with Crippen LogP contribution in [0.15, 0.2) is 65.5 Å². The first-order valence-electron chi connectivity index (χ1n) is 7.13. The van der Waals surface area contributed by atoms with Crippen molar-refractivity contribution >= 4 is 30.2 Å². The Morgan fingerprint density at radius 1 is 1.17 bits per heavy atom. The largest absolute Gasteiger partial charge is 0.480 e. The van der Waals surface area contributed by atoms with Gasteiger partial charge in [0.25, 0.3) is 0 Å². The Hall–Kier alpha value is -2.24. The average Bonchev–Trinajstić information content (AvgIpc) is 3.10. The monoisotopic (exact) mass is 361 g/mol. The summed E-state index contributed by atoms with van der Waals surface area (Å²) in [5.74, 6) is -0.112. The SMILES string of the molecule is CC(S)C(=O)O.Clc1ccc(-c2ccccc2-c2cnco2)cc1. The second kappa shape index (κ2) is 8.57. The predicted octanol–water partition coefficient (Wildman–Crippen LogP) is 5.05. The van der Waals surface area contributed by atoms with Gasteiger partial charge in [-0.05, 0) is 30.2 Å². The lowest BCUT2D eigenvalue weighted by Crippen LogP contribution is -2.06. The highest BCUT2D eigenvalue weighted by Gasteiger charge is 2.09. The number of carboxylic acid groups (broad SMARTS) is 1. The van der Waals surface area contributed by atoms with Crippen LogP contribution in [0.5, 0.6) is 0 Å². The lowest BCUT2D eigenvalue weighted by atomic mass is 9.99. The molecule has 3 rings (SSSR count). The molecule has 24 heavy (non-hydrogen) atoms. The lowest BCUT2D eigenvalue weighted by molar-refractivity contribution is -0.136. The molecule has 0 radical (unpaired) electrons. The molecule has 1 aromatic heterocycles. The van der Waals surface area contributed by atoms with Gasteiger partial charge in [-0.2, -0.15) is 12.6 Å². The van der Waals surface area contributed by atoms with E-state index in [4.69, 9.17) is 21.1 Å². The van der Waals surface area contributed by atoms with Gasteiger partial charge >= 0.3 is 5.97 Å². The van der Waals surface area contributed by atoms with Crippen LogP contribution in [0.3, 0.4) is 0 Å². The van der Waals surface area contributed by atoms with Crippen LogP contribution < -0.4 is 0 Å². The molecule has 0 amide bonds. The molecule has 124 valence electrons. The van der Waals surface area contributed by atoms with Crippen molar-refractivity contribution in [3.63, 3.8) is 0 Å². The van der Waals surface area contributed by atoms with Crippen molar-refractivity contribution in [1.82, 2.24) is 4.98 Å². The minimum atomic E-state index is -0.877. The Balaban J connectivity index is 0.000000301. The summed E-state index contributed by atoms with van der Waals surface area (Å²) in [7, 11) is 0. The standard InChI is InChI=1S/C15H10ClNO.C3H6O2S/c16-12-7-5-11(6-8-12)13-3-1-2-4-14(13)15-9-17-10-18-15;1-2(6)3(4)5/h1-10H;2,6H,1H3,(H,4,5). The molecule has 1 atom stereocenters. The van der Waals surface area contributed by atoms with E-state index in [0.717, 1.165) is 27.5 Å². The zero-order chi connectivity index (χ0) is 17.5. The number of carboxylic acids is 1.